The lowest BCUT2D eigenvalue weighted by Gasteiger charge is -2.32. The van der Waals surface area contributed by atoms with E-state index in [1.54, 1.807) is 0 Å². The van der Waals surface area contributed by atoms with Gasteiger partial charge in [-0.05, 0) is 128 Å². The first-order chi connectivity index (χ1) is 32.4. The quantitative estimate of drug-likeness (QED) is 0.177. The van der Waals surface area contributed by atoms with Crippen LogP contribution in [0.5, 0.6) is 0 Å². The molecule has 3 aliphatic carbocycles. The average molecular weight is 865 g/mol. The van der Waals surface area contributed by atoms with Crippen LogP contribution >= 0.6 is 0 Å². The van der Waals surface area contributed by atoms with Gasteiger partial charge in [0.25, 0.3) is 0 Å². The number of nitrogens with zero attached hydrogens (tertiary/aromatic N) is 2. The van der Waals surface area contributed by atoms with Gasteiger partial charge in [0, 0.05) is 66.5 Å². The van der Waals surface area contributed by atoms with Crippen LogP contribution in [0.2, 0.25) is 0 Å². The third-order valence-corrected chi connectivity index (χ3v) is 15.9. The summed E-state index contributed by atoms with van der Waals surface area (Å²) in [6.07, 6.45) is 3.85. The van der Waals surface area contributed by atoms with Gasteiger partial charge in [0.15, 0.2) is 0 Å². The fraction of sp³-hybridized carbons (Fsp3) is 0.159. The third-order valence-electron chi connectivity index (χ3n) is 15.9. The van der Waals surface area contributed by atoms with Gasteiger partial charge in [0.05, 0.1) is 11.9 Å². The predicted octanol–water partition coefficient (Wildman–Crippen LogP) is 17.2. The fourth-order valence-electron chi connectivity index (χ4n) is 12.8. The number of aromatic nitrogens is 1. The molecule has 0 unspecified atom stereocenters. The Morgan fingerprint density at radius 2 is 1.00 bits per heavy atom. The van der Waals surface area contributed by atoms with Crippen LogP contribution in [0.25, 0.3) is 88.4 Å². The van der Waals surface area contributed by atoms with Gasteiger partial charge in [0.2, 0.25) is 0 Å². The number of furan rings is 2. The molecule has 0 saturated heterocycles. The zero-order valence-corrected chi connectivity index (χ0v) is 38.8. The molecule has 0 spiro atoms. The first-order valence-corrected chi connectivity index (χ1v) is 23.6. The van der Waals surface area contributed by atoms with Crippen molar-refractivity contribution in [2.75, 3.05) is 4.90 Å². The molecule has 3 aliphatic rings. The van der Waals surface area contributed by atoms with E-state index in [9.17, 15) is 0 Å². The molecule has 0 bridgehead atoms. The molecule has 0 atom stereocenters. The summed E-state index contributed by atoms with van der Waals surface area (Å²) in [5.41, 5.74) is 25.3. The molecule has 0 saturated carbocycles. The first-order valence-electron chi connectivity index (χ1n) is 23.6. The zero-order chi connectivity index (χ0) is 45.3. The van der Waals surface area contributed by atoms with Crippen LogP contribution in [0.3, 0.4) is 0 Å². The second kappa shape index (κ2) is 13.0. The van der Waals surface area contributed by atoms with E-state index in [-0.39, 0.29) is 16.2 Å². The van der Waals surface area contributed by atoms with E-state index in [0.717, 1.165) is 61.3 Å². The number of para-hydroxylation sites is 2. The van der Waals surface area contributed by atoms with Crippen molar-refractivity contribution in [1.82, 2.24) is 4.98 Å². The second-order valence-electron chi connectivity index (χ2n) is 20.7. The molecule has 3 heterocycles. The molecule has 14 rings (SSSR count). The first kappa shape index (κ1) is 38.6. The van der Waals surface area contributed by atoms with Crippen molar-refractivity contribution in [3.63, 3.8) is 0 Å². The largest absolute Gasteiger partial charge is 0.455 e. The Hall–Kier alpha value is -7.69. The Morgan fingerprint density at radius 1 is 0.433 bits per heavy atom. The summed E-state index contributed by atoms with van der Waals surface area (Å²) in [6, 6.07) is 55.8. The molecule has 0 N–H and O–H groups in total. The monoisotopic (exact) mass is 864 g/mol. The minimum Gasteiger partial charge on any atom is -0.455 e. The van der Waals surface area contributed by atoms with Gasteiger partial charge in [-0.2, -0.15) is 0 Å². The maximum absolute atomic E-state index is 6.96. The van der Waals surface area contributed by atoms with Crippen LogP contribution in [-0.4, -0.2) is 4.98 Å². The summed E-state index contributed by atoms with van der Waals surface area (Å²) in [6.45, 7) is 16.6. The summed E-state index contributed by atoms with van der Waals surface area (Å²) >= 11 is 0. The lowest BCUT2D eigenvalue weighted by molar-refractivity contribution is 0.600. The molecule has 0 aliphatic heterocycles. The molecular formula is C63H48N2O2. The normalized spacial score (nSPS) is 15.4. The molecule has 67 heavy (non-hydrogen) atoms. The molecule has 11 aromatic rings. The molecule has 322 valence electrons. The van der Waals surface area contributed by atoms with E-state index >= 15 is 0 Å². The molecule has 4 heteroatoms. The minimum absolute atomic E-state index is 0.225. The van der Waals surface area contributed by atoms with E-state index in [4.69, 9.17) is 13.8 Å². The molecular weight excluding hydrogens is 817 g/mol. The van der Waals surface area contributed by atoms with E-state index < -0.39 is 0 Å². The van der Waals surface area contributed by atoms with Gasteiger partial charge in [-0.1, -0.05) is 144 Å². The van der Waals surface area contributed by atoms with Crippen molar-refractivity contribution in [3.8, 4) is 44.5 Å². The van der Waals surface area contributed by atoms with E-state index in [2.05, 4.69) is 199 Å². The second-order valence-corrected chi connectivity index (χ2v) is 20.7. The third kappa shape index (κ3) is 4.95. The Balaban J connectivity index is 0.979. The molecule has 8 aromatic carbocycles. The molecule has 0 amide bonds. The van der Waals surface area contributed by atoms with Gasteiger partial charge >= 0.3 is 0 Å². The maximum atomic E-state index is 6.96. The fourth-order valence-corrected chi connectivity index (χ4v) is 12.8. The van der Waals surface area contributed by atoms with Crippen LogP contribution in [0, 0.1) is 6.92 Å². The summed E-state index contributed by atoms with van der Waals surface area (Å²) in [7, 11) is 0. The van der Waals surface area contributed by atoms with Gasteiger partial charge in [-0.3, -0.25) is 4.98 Å². The number of pyridine rings is 1. The highest BCUT2D eigenvalue weighted by atomic mass is 16.3. The van der Waals surface area contributed by atoms with Crippen LogP contribution in [0.4, 0.5) is 17.1 Å². The highest BCUT2D eigenvalue weighted by Gasteiger charge is 2.49. The number of hydrogen-bond donors (Lipinski definition) is 0. The number of anilines is 3. The Bertz CT molecular complexity index is 3960. The number of fused-ring (bicyclic) bond motifs is 19. The Morgan fingerprint density at radius 3 is 1.69 bits per heavy atom. The van der Waals surface area contributed by atoms with Crippen LogP contribution in [0.1, 0.15) is 80.5 Å². The molecule has 0 fully saturated rings. The van der Waals surface area contributed by atoms with Crippen molar-refractivity contribution in [2.45, 2.75) is 64.7 Å². The molecule has 4 nitrogen and oxygen atoms in total. The molecule has 0 radical (unpaired) electrons. The SMILES string of the molecule is Cc1ccc(-c2cc3c(c4c2oc2ccccc24)-c2ccc(N(c4cccnc4)c4ccc5c(c4)C(C)(C)c4c6c(c7oc8ccccc8c7c4-5)-c4ccccc4C6(C)C)cc2C3(C)C)cc1. The number of hydrogen-bond acceptors (Lipinski definition) is 4. The van der Waals surface area contributed by atoms with Crippen molar-refractivity contribution in [2.24, 2.45) is 0 Å². The zero-order valence-electron chi connectivity index (χ0n) is 38.8. The smallest absolute Gasteiger partial charge is 0.144 e. The standard InChI is InChI=1S/C63H48N2O2/c1-35-22-24-36(25-23-35)45-33-49-52(54-43-17-9-12-20-50(43)66-59(45)54)41-28-26-37(31-47(41)61(49,2)3)65(39-15-14-30-64-34-39)38-27-29-42-48(32-38)63(6,7)57-53(42)55-44-18-10-13-21-51(44)67-60(55)56-40-16-8-11-19-46(40)62(4,5)58(56)57/h8-34H,1-7H3. The van der Waals surface area contributed by atoms with Crippen LogP contribution in [-0.2, 0) is 16.2 Å². The summed E-state index contributed by atoms with van der Waals surface area (Å²) in [5.74, 6) is 0. The molecule has 3 aromatic heterocycles. The number of benzene rings is 8. The van der Waals surface area contributed by atoms with E-state index in [0.29, 0.717) is 0 Å². The lowest BCUT2D eigenvalue weighted by atomic mass is 9.72. The van der Waals surface area contributed by atoms with Gasteiger partial charge in [0.1, 0.15) is 22.3 Å². The van der Waals surface area contributed by atoms with Crippen molar-refractivity contribution >= 4 is 60.9 Å². The van der Waals surface area contributed by atoms with Gasteiger partial charge < -0.3 is 13.7 Å². The highest BCUT2D eigenvalue weighted by Crippen LogP contribution is 2.64. The van der Waals surface area contributed by atoms with Gasteiger partial charge in [-0.15, -0.1) is 0 Å². The Labute approximate surface area is 390 Å². The number of rotatable bonds is 4. The maximum Gasteiger partial charge on any atom is 0.144 e. The average Bonchev–Trinajstić information content (AvgIpc) is 4.09. The highest BCUT2D eigenvalue weighted by molar-refractivity contribution is 6.21. The number of aryl methyl sites for hydroxylation is 1. The Kier molecular flexibility index (Phi) is 7.49. The van der Waals surface area contributed by atoms with Crippen molar-refractivity contribution in [3.05, 3.63) is 203 Å². The van der Waals surface area contributed by atoms with E-state index in [1.165, 1.54) is 83.1 Å². The minimum atomic E-state index is -0.327. The predicted molar refractivity (Wildman–Crippen MR) is 276 cm³/mol. The van der Waals surface area contributed by atoms with Crippen molar-refractivity contribution in [1.29, 1.82) is 0 Å². The van der Waals surface area contributed by atoms with Crippen molar-refractivity contribution < 1.29 is 8.83 Å². The summed E-state index contributed by atoms with van der Waals surface area (Å²) < 4.78 is 13.8. The lowest BCUT2D eigenvalue weighted by Crippen LogP contribution is -2.24. The topological polar surface area (TPSA) is 42.4 Å². The van der Waals surface area contributed by atoms with E-state index in [1.807, 2.05) is 18.5 Å². The summed E-state index contributed by atoms with van der Waals surface area (Å²) in [5, 5.41) is 4.71. The van der Waals surface area contributed by atoms with Crippen LogP contribution in [0.15, 0.2) is 173 Å². The van der Waals surface area contributed by atoms with Crippen LogP contribution < -0.4 is 4.90 Å². The summed E-state index contributed by atoms with van der Waals surface area (Å²) in [4.78, 5) is 7.10. The van der Waals surface area contributed by atoms with Gasteiger partial charge in [-0.25, -0.2) is 0 Å².